The fraction of sp³-hybridized carbons (Fsp3) is 0.776. The molecule has 0 bridgehead atoms. The quantitative estimate of drug-likeness (QED) is 0.0908. The second-order valence-electron chi connectivity index (χ2n) is 19.1. The van der Waals surface area contributed by atoms with Crippen molar-refractivity contribution in [2.75, 3.05) is 61.1 Å². The number of rotatable bonds is 27. The van der Waals surface area contributed by atoms with Gasteiger partial charge in [0.05, 0.1) is 49.3 Å². The molecule has 16 heteroatoms. The fourth-order valence-corrected chi connectivity index (χ4v) is 9.60. The van der Waals surface area contributed by atoms with Crippen molar-refractivity contribution in [1.82, 2.24) is 30.4 Å². The Labute approximate surface area is 389 Å². The molecular formula is C49H85N7O9. The highest BCUT2D eigenvalue weighted by Crippen LogP contribution is 2.30. The predicted molar refractivity (Wildman–Crippen MR) is 252 cm³/mol. The molecule has 5 N–H and O–H groups in total. The molecule has 2 saturated heterocycles. The van der Waals surface area contributed by atoms with Crippen LogP contribution >= 0.6 is 0 Å². The number of unbranched alkanes of at least 4 members (excludes halogenated alkanes) is 3. The van der Waals surface area contributed by atoms with Crippen molar-refractivity contribution in [2.24, 2.45) is 29.4 Å². The van der Waals surface area contributed by atoms with Gasteiger partial charge in [-0.05, 0) is 94.1 Å². The third-order valence-electron chi connectivity index (χ3n) is 13.6. The SMILES string of the molecule is CC[C@H](C)[C@@H]([C@@H](CC(=O)N1CCC[C@H]1[C@H](OC)[C@@H](C)C(=O)N[C@@H](Cc1ccc(O)cc1)C(=O)N1CCCCO1)OC)N(C)C(=O)[C@@H](NC(=O)C(C(C)C)N(C)CCCCCCN)C(C)C. The first kappa shape index (κ1) is 55.5. The van der Waals surface area contributed by atoms with Gasteiger partial charge in [-0.25, -0.2) is 5.06 Å². The molecule has 1 unspecified atom stereocenters. The van der Waals surface area contributed by atoms with Gasteiger partial charge < -0.3 is 40.7 Å². The molecular weight excluding hydrogens is 831 g/mol. The largest absolute Gasteiger partial charge is 0.508 e. The number of likely N-dealkylation sites (tertiary alicyclic amines) is 1. The highest BCUT2D eigenvalue weighted by atomic mass is 16.7. The third-order valence-corrected chi connectivity index (χ3v) is 13.6. The summed E-state index contributed by atoms with van der Waals surface area (Å²) < 4.78 is 12.1. The maximum Gasteiger partial charge on any atom is 0.269 e. The number of hydrogen-bond donors (Lipinski definition) is 4. The Balaban J connectivity index is 1.78. The summed E-state index contributed by atoms with van der Waals surface area (Å²) in [5.41, 5.74) is 6.42. The van der Waals surface area contributed by atoms with E-state index in [2.05, 4.69) is 15.5 Å². The number of carbonyl (C=O) groups is 5. The lowest BCUT2D eigenvalue weighted by Crippen LogP contribution is -2.60. The fourth-order valence-electron chi connectivity index (χ4n) is 9.60. The molecule has 0 aromatic heterocycles. The van der Waals surface area contributed by atoms with Crippen molar-refractivity contribution in [3.05, 3.63) is 29.8 Å². The van der Waals surface area contributed by atoms with Crippen LogP contribution in [0.1, 0.15) is 118 Å². The maximum atomic E-state index is 14.6. The molecule has 16 nitrogen and oxygen atoms in total. The molecule has 0 spiro atoms. The Kier molecular flexibility index (Phi) is 23.7. The molecule has 2 heterocycles. The number of aromatic hydroxyl groups is 1. The number of hydrogen-bond acceptors (Lipinski definition) is 11. The Morgan fingerprint density at radius 2 is 1.55 bits per heavy atom. The van der Waals surface area contributed by atoms with Crippen molar-refractivity contribution in [3.63, 3.8) is 0 Å². The number of phenols is 1. The van der Waals surface area contributed by atoms with Crippen LogP contribution in [-0.2, 0) is 44.7 Å². The first-order chi connectivity index (χ1) is 30.9. The zero-order chi connectivity index (χ0) is 48.4. The minimum atomic E-state index is -0.936. The lowest BCUT2D eigenvalue weighted by atomic mass is 9.89. The summed E-state index contributed by atoms with van der Waals surface area (Å²) in [6.45, 7) is 16.5. The molecule has 65 heavy (non-hydrogen) atoms. The first-order valence-corrected chi connectivity index (χ1v) is 24.3. The molecule has 1 aromatic carbocycles. The Morgan fingerprint density at radius 1 is 0.877 bits per heavy atom. The van der Waals surface area contributed by atoms with E-state index in [4.69, 9.17) is 20.0 Å². The van der Waals surface area contributed by atoms with Crippen molar-refractivity contribution in [2.45, 2.75) is 162 Å². The van der Waals surface area contributed by atoms with Crippen LogP contribution in [0.4, 0.5) is 0 Å². The number of nitrogens with one attached hydrogen (secondary N) is 2. The average molecular weight is 916 g/mol. The highest BCUT2D eigenvalue weighted by Gasteiger charge is 2.44. The van der Waals surface area contributed by atoms with Crippen molar-refractivity contribution in [3.8, 4) is 5.75 Å². The zero-order valence-corrected chi connectivity index (χ0v) is 41.6. The number of methoxy groups -OCH3 is 2. The summed E-state index contributed by atoms with van der Waals surface area (Å²) in [7, 11) is 6.79. The Morgan fingerprint density at radius 3 is 2.12 bits per heavy atom. The van der Waals surface area contributed by atoms with E-state index in [1.165, 1.54) is 12.2 Å². The third kappa shape index (κ3) is 15.9. The van der Waals surface area contributed by atoms with Gasteiger partial charge in [-0.1, -0.05) is 79.9 Å². The molecule has 2 aliphatic rings. The number of carbonyl (C=O) groups excluding carboxylic acids is 5. The van der Waals surface area contributed by atoms with Gasteiger partial charge in [-0.2, -0.15) is 0 Å². The van der Waals surface area contributed by atoms with E-state index in [-0.39, 0.29) is 60.0 Å². The number of nitrogens with zero attached hydrogens (tertiary/aromatic N) is 4. The van der Waals surface area contributed by atoms with Gasteiger partial charge in [0.15, 0.2) is 0 Å². The number of phenolic OH excluding ortho intramolecular Hbond substituents is 1. The Bertz CT molecular complexity index is 1620. The van der Waals surface area contributed by atoms with E-state index in [0.717, 1.165) is 50.6 Å². The molecule has 370 valence electrons. The number of amides is 5. The lowest BCUT2D eigenvalue weighted by Gasteiger charge is -2.41. The van der Waals surface area contributed by atoms with Crippen molar-refractivity contribution >= 4 is 29.5 Å². The predicted octanol–water partition coefficient (Wildman–Crippen LogP) is 4.51. The Hall–Kier alpha value is -3.83. The average Bonchev–Trinajstić information content (AvgIpc) is 3.77. The van der Waals surface area contributed by atoms with E-state index in [1.807, 2.05) is 48.6 Å². The highest BCUT2D eigenvalue weighted by molar-refractivity contribution is 5.90. The summed E-state index contributed by atoms with van der Waals surface area (Å²) in [5, 5.41) is 17.3. The van der Waals surface area contributed by atoms with Gasteiger partial charge in [0.1, 0.15) is 17.8 Å². The standard InChI is InChI=1S/C49H85N7O9/c1-12-34(6)44(54(9)49(62)42(32(2)3)52-47(60)43(33(4)5)53(8)26-16-14-13-15-25-50)40(63-10)31-41(58)55-27-19-20-39(55)45(64-11)35(7)46(59)51-38(30-36-21-23-37(57)24-22-36)48(61)56-28-17-18-29-65-56/h21-24,32-35,38-40,42-45,57H,12-20,25-31,50H2,1-11H3,(H,51,59)(H,52,60)/t34-,35+,38-,39-,40+,42-,43?,44-,45+/m0/s1. The molecule has 2 aliphatic heterocycles. The van der Waals surface area contributed by atoms with E-state index < -0.39 is 54.2 Å². The second kappa shape index (κ2) is 27.7. The van der Waals surface area contributed by atoms with Crippen LogP contribution in [0.2, 0.25) is 0 Å². The number of benzene rings is 1. The molecule has 9 atom stereocenters. The molecule has 0 saturated carbocycles. The van der Waals surface area contributed by atoms with Crippen LogP contribution in [0.15, 0.2) is 24.3 Å². The maximum absolute atomic E-state index is 14.6. The molecule has 5 amide bonds. The number of hydroxylamine groups is 2. The lowest BCUT2D eigenvalue weighted by molar-refractivity contribution is -0.199. The van der Waals surface area contributed by atoms with Gasteiger partial charge >= 0.3 is 0 Å². The topological polar surface area (TPSA) is 196 Å². The van der Waals surface area contributed by atoms with E-state index >= 15 is 0 Å². The summed E-state index contributed by atoms with van der Waals surface area (Å²) in [4.78, 5) is 82.1. The summed E-state index contributed by atoms with van der Waals surface area (Å²) in [6.07, 6.45) is 6.51. The van der Waals surface area contributed by atoms with Crippen LogP contribution in [0.3, 0.4) is 0 Å². The van der Waals surface area contributed by atoms with Gasteiger partial charge in [-0.3, -0.25) is 33.7 Å². The van der Waals surface area contributed by atoms with E-state index in [0.29, 0.717) is 45.5 Å². The van der Waals surface area contributed by atoms with Gasteiger partial charge in [0.25, 0.3) is 5.91 Å². The van der Waals surface area contributed by atoms with E-state index in [1.54, 1.807) is 55.1 Å². The minimum absolute atomic E-state index is 0.0140. The van der Waals surface area contributed by atoms with Crippen LogP contribution in [-0.4, -0.2) is 158 Å². The van der Waals surface area contributed by atoms with Crippen LogP contribution in [0, 0.1) is 23.7 Å². The molecule has 0 radical (unpaired) electrons. The summed E-state index contributed by atoms with van der Waals surface area (Å²) in [5.74, 6) is -2.26. The van der Waals surface area contributed by atoms with Crippen LogP contribution < -0.4 is 16.4 Å². The van der Waals surface area contributed by atoms with Gasteiger partial charge in [0.2, 0.25) is 23.6 Å². The molecule has 3 rings (SSSR count). The number of likely N-dealkylation sites (N-methyl/N-ethyl adjacent to an activating group) is 2. The van der Waals surface area contributed by atoms with Crippen molar-refractivity contribution < 1.29 is 43.4 Å². The summed E-state index contributed by atoms with van der Waals surface area (Å²) in [6, 6.07) is 3.44. The molecule has 0 aliphatic carbocycles. The second-order valence-corrected chi connectivity index (χ2v) is 19.1. The van der Waals surface area contributed by atoms with Gasteiger partial charge in [0, 0.05) is 40.8 Å². The molecule has 2 fully saturated rings. The smallest absolute Gasteiger partial charge is 0.269 e. The first-order valence-electron chi connectivity index (χ1n) is 24.3. The van der Waals surface area contributed by atoms with Gasteiger partial charge in [-0.15, -0.1) is 0 Å². The minimum Gasteiger partial charge on any atom is -0.508 e. The van der Waals surface area contributed by atoms with Crippen LogP contribution in [0.25, 0.3) is 0 Å². The van der Waals surface area contributed by atoms with Crippen LogP contribution in [0.5, 0.6) is 5.75 Å². The summed E-state index contributed by atoms with van der Waals surface area (Å²) >= 11 is 0. The number of ether oxygens (including phenoxy) is 2. The van der Waals surface area contributed by atoms with Crippen molar-refractivity contribution in [1.29, 1.82) is 0 Å². The number of nitrogens with two attached hydrogens (primary N) is 1. The molecule has 1 aromatic rings. The van der Waals surface area contributed by atoms with E-state index in [9.17, 15) is 29.1 Å². The normalized spacial score (nSPS) is 19.3. The zero-order valence-electron chi connectivity index (χ0n) is 41.6. The monoisotopic (exact) mass is 916 g/mol.